The van der Waals surface area contributed by atoms with Crippen LogP contribution in [0.2, 0.25) is 0 Å². The fourth-order valence-corrected chi connectivity index (χ4v) is 5.21. The van der Waals surface area contributed by atoms with Crippen molar-refractivity contribution in [3.05, 3.63) is 58.7 Å². The van der Waals surface area contributed by atoms with Crippen molar-refractivity contribution in [2.24, 2.45) is 0 Å². The molecule has 2 aliphatic rings. The topological polar surface area (TPSA) is 76.2 Å². The van der Waals surface area contributed by atoms with Gasteiger partial charge in [0.15, 0.2) is 0 Å². The number of anilines is 1. The summed E-state index contributed by atoms with van der Waals surface area (Å²) < 4.78 is 11.0. The minimum atomic E-state index is -0.690. The number of imide groups is 1. The van der Waals surface area contributed by atoms with Crippen molar-refractivity contribution in [1.82, 2.24) is 4.90 Å². The lowest BCUT2D eigenvalue weighted by Gasteiger charge is -2.26. The fraction of sp³-hybridized carbons (Fsp3) is 0.500. The molecule has 2 aromatic rings. The van der Waals surface area contributed by atoms with Gasteiger partial charge in [0.1, 0.15) is 11.4 Å². The second kappa shape index (κ2) is 11.4. The van der Waals surface area contributed by atoms with Crippen LogP contribution in [0.1, 0.15) is 68.7 Å². The van der Waals surface area contributed by atoms with E-state index in [1.165, 1.54) is 16.0 Å². The number of rotatable bonds is 9. The second-order valence-corrected chi connectivity index (χ2v) is 10.9. The molecule has 2 aromatic carbocycles. The predicted octanol–water partition coefficient (Wildman–Crippen LogP) is 5.25. The van der Waals surface area contributed by atoms with E-state index in [0.29, 0.717) is 19.3 Å². The Labute approximate surface area is 219 Å². The number of ether oxygens (including phenoxy) is 2. The Balaban J connectivity index is 1.35. The minimum absolute atomic E-state index is 0.203. The van der Waals surface area contributed by atoms with Crippen molar-refractivity contribution in [2.45, 2.75) is 77.7 Å². The number of carbonyl (C=O) groups is 3. The third kappa shape index (κ3) is 6.51. The smallest absolute Gasteiger partial charge is 0.417 e. The van der Waals surface area contributed by atoms with Gasteiger partial charge >= 0.3 is 6.09 Å². The third-order valence-corrected chi connectivity index (χ3v) is 6.89. The number of benzene rings is 2. The Bertz CT molecular complexity index is 1170. The van der Waals surface area contributed by atoms with Crippen LogP contribution in [0.4, 0.5) is 10.5 Å². The molecule has 0 aliphatic carbocycles. The van der Waals surface area contributed by atoms with Crippen LogP contribution in [0.3, 0.4) is 0 Å². The largest absolute Gasteiger partial charge is 0.496 e. The molecule has 0 bridgehead atoms. The highest BCUT2D eigenvalue weighted by molar-refractivity contribution is 6.02. The van der Waals surface area contributed by atoms with Crippen LogP contribution < -0.4 is 9.64 Å². The second-order valence-electron chi connectivity index (χ2n) is 10.9. The standard InChI is InChI=1S/C30H38N2O5/c1-30(2,3)37-29(35)32(17-15-22-11-6-7-13-25(22)36-4)26(33)14-8-5-10-21-18-23-12-9-16-31-27(34)20-24(19-21)28(23)31/h6-7,11,13,18-19H,5,8-10,12,14-17,20H2,1-4H3. The van der Waals surface area contributed by atoms with Crippen molar-refractivity contribution in [1.29, 1.82) is 0 Å². The van der Waals surface area contributed by atoms with E-state index in [9.17, 15) is 14.4 Å². The molecule has 0 radical (unpaired) electrons. The Kier molecular flexibility index (Phi) is 8.20. The first kappa shape index (κ1) is 26.7. The molecule has 7 heteroatoms. The molecule has 198 valence electrons. The Morgan fingerprint density at radius 2 is 1.81 bits per heavy atom. The van der Waals surface area contributed by atoms with Crippen LogP contribution in [0.25, 0.3) is 0 Å². The van der Waals surface area contributed by atoms with E-state index in [4.69, 9.17) is 9.47 Å². The van der Waals surface area contributed by atoms with E-state index in [1.54, 1.807) is 27.9 Å². The maximum atomic E-state index is 13.1. The number of aryl methyl sites for hydroxylation is 2. The van der Waals surface area contributed by atoms with E-state index in [0.717, 1.165) is 54.8 Å². The quantitative estimate of drug-likeness (QED) is 0.434. The number of nitrogens with zero attached hydrogens (tertiary/aromatic N) is 2. The first-order valence-corrected chi connectivity index (χ1v) is 13.3. The van der Waals surface area contributed by atoms with E-state index in [1.807, 2.05) is 29.2 Å². The number of methoxy groups -OCH3 is 1. The molecule has 0 saturated heterocycles. The van der Waals surface area contributed by atoms with E-state index < -0.39 is 11.7 Å². The summed E-state index contributed by atoms with van der Waals surface area (Å²) in [6, 6.07) is 12.0. The zero-order chi connectivity index (χ0) is 26.6. The first-order chi connectivity index (χ1) is 17.7. The highest BCUT2D eigenvalue weighted by Gasteiger charge is 2.32. The van der Waals surface area contributed by atoms with E-state index >= 15 is 0 Å². The number of hydrogen-bond acceptors (Lipinski definition) is 5. The van der Waals surface area contributed by atoms with Crippen molar-refractivity contribution in [3.63, 3.8) is 0 Å². The summed E-state index contributed by atoms with van der Waals surface area (Å²) >= 11 is 0. The molecule has 2 aliphatic heterocycles. The molecule has 0 saturated carbocycles. The molecule has 0 spiro atoms. The Morgan fingerprint density at radius 3 is 2.57 bits per heavy atom. The van der Waals surface area contributed by atoms with Crippen LogP contribution in [0.15, 0.2) is 36.4 Å². The maximum Gasteiger partial charge on any atom is 0.417 e. The summed E-state index contributed by atoms with van der Waals surface area (Å²) in [6.45, 7) is 6.44. The van der Waals surface area contributed by atoms with Gasteiger partial charge in [-0.15, -0.1) is 0 Å². The van der Waals surface area contributed by atoms with E-state index in [-0.39, 0.29) is 24.8 Å². The minimum Gasteiger partial charge on any atom is -0.496 e. The summed E-state index contributed by atoms with van der Waals surface area (Å²) in [4.78, 5) is 41.5. The zero-order valence-electron chi connectivity index (χ0n) is 22.5. The van der Waals surface area contributed by atoms with E-state index in [2.05, 4.69) is 12.1 Å². The predicted molar refractivity (Wildman–Crippen MR) is 143 cm³/mol. The SMILES string of the molecule is COc1ccccc1CCN(C(=O)CCCCc1cc2c3c(c1)CC(=O)N3CCC2)C(=O)OC(C)(C)C. The lowest BCUT2D eigenvalue weighted by atomic mass is 9.95. The Hall–Kier alpha value is -3.35. The summed E-state index contributed by atoms with van der Waals surface area (Å²) in [5.41, 5.74) is 5.01. The molecular weight excluding hydrogens is 468 g/mol. The molecule has 7 nitrogen and oxygen atoms in total. The van der Waals surface area contributed by atoms with Crippen molar-refractivity contribution in [2.75, 3.05) is 25.1 Å². The molecule has 0 fully saturated rings. The number of hydrogen-bond donors (Lipinski definition) is 0. The average Bonchev–Trinajstić information content (AvgIpc) is 3.17. The highest BCUT2D eigenvalue weighted by atomic mass is 16.6. The highest BCUT2D eigenvalue weighted by Crippen LogP contribution is 2.37. The van der Waals surface area contributed by atoms with Gasteiger partial charge in [-0.05, 0) is 87.6 Å². The van der Waals surface area contributed by atoms with Crippen LogP contribution in [0, 0.1) is 0 Å². The lowest BCUT2D eigenvalue weighted by Crippen LogP contribution is -2.42. The van der Waals surface area contributed by atoms with Crippen molar-refractivity contribution in [3.8, 4) is 5.75 Å². The van der Waals surface area contributed by atoms with Gasteiger partial charge in [0.05, 0.1) is 19.2 Å². The number of para-hydroxylation sites is 1. The monoisotopic (exact) mass is 506 g/mol. The molecular formula is C30H38N2O5. The molecule has 4 rings (SSSR count). The summed E-state index contributed by atoms with van der Waals surface area (Å²) in [7, 11) is 1.61. The van der Waals surface area contributed by atoms with Crippen LogP contribution in [0.5, 0.6) is 5.75 Å². The molecule has 0 aromatic heterocycles. The summed E-state index contributed by atoms with van der Waals surface area (Å²) in [6.07, 6.45) is 5.00. The van der Waals surface area contributed by atoms with Gasteiger partial charge in [-0.2, -0.15) is 0 Å². The summed E-state index contributed by atoms with van der Waals surface area (Å²) in [5.74, 6) is 0.709. The van der Waals surface area contributed by atoms with Gasteiger partial charge in [-0.3, -0.25) is 9.59 Å². The molecule has 0 N–H and O–H groups in total. The molecule has 37 heavy (non-hydrogen) atoms. The number of amides is 3. The third-order valence-electron chi connectivity index (χ3n) is 6.89. The van der Waals surface area contributed by atoms with Gasteiger partial charge in [0, 0.05) is 19.5 Å². The van der Waals surface area contributed by atoms with Gasteiger partial charge in [-0.25, -0.2) is 9.69 Å². The lowest BCUT2D eigenvalue weighted by molar-refractivity contribution is -0.130. The molecule has 0 atom stereocenters. The Morgan fingerprint density at radius 1 is 1.05 bits per heavy atom. The van der Waals surface area contributed by atoms with Gasteiger partial charge in [-0.1, -0.05) is 30.3 Å². The van der Waals surface area contributed by atoms with Crippen LogP contribution >= 0.6 is 0 Å². The first-order valence-electron chi connectivity index (χ1n) is 13.3. The molecule has 2 heterocycles. The fourth-order valence-electron chi connectivity index (χ4n) is 5.21. The number of carbonyl (C=O) groups excluding carboxylic acids is 3. The number of unbranched alkanes of at least 4 members (excludes halogenated alkanes) is 1. The van der Waals surface area contributed by atoms with Crippen LogP contribution in [-0.4, -0.2) is 48.6 Å². The maximum absolute atomic E-state index is 13.1. The van der Waals surface area contributed by atoms with Crippen LogP contribution in [-0.2, 0) is 40.0 Å². The zero-order valence-corrected chi connectivity index (χ0v) is 22.5. The van der Waals surface area contributed by atoms with Crippen molar-refractivity contribution < 1.29 is 23.9 Å². The van der Waals surface area contributed by atoms with Crippen molar-refractivity contribution >= 4 is 23.6 Å². The molecule has 3 amide bonds. The normalized spacial score (nSPS) is 14.4. The van der Waals surface area contributed by atoms with Gasteiger partial charge in [0.2, 0.25) is 11.8 Å². The summed E-state index contributed by atoms with van der Waals surface area (Å²) in [5, 5.41) is 0. The van der Waals surface area contributed by atoms with Gasteiger partial charge in [0.25, 0.3) is 0 Å². The van der Waals surface area contributed by atoms with Gasteiger partial charge < -0.3 is 14.4 Å². The average molecular weight is 507 g/mol. The molecule has 0 unspecified atom stereocenters.